The van der Waals surface area contributed by atoms with Crippen molar-refractivity contribution < 1.29 is 19.0 Å². The van der Waals surface area contributed by atoms with Crippen molar-refractivity contribution in [1.29, 1.82) is 0 Å². The zero-order valence-electron chi connectivity index (χ0n) is 13.2. The maximum absolute atomic E-state index is 12.4. The van der Waals surface area contributed by atoms with E-state index in [1.807, 2.05) is 6.92 Å². The fourth-order valence-corrected chi connectivity index (χ4v) is 2.86. The van der Waals surface area contributed by atoms with Gasteiger partial charge in [0, 0.05) is 11.3 Å². The number of hydrogen-bond acceptors (Lipinski definition) is 4. The number of ether oxygens (including phenoxy) is 3. The summed E-state index contributed by atoms with van der Waals surface area (Å²) in [5.41, 5.74) is 1.20. The minimum absolute atomic E-state index is 0.211. The van der Waals surface area contributed by atoms with Crippen molar-refractivity contribution in [2.24, 2.45) is 0 Å². The Labute approximate surface area is 149 Å². The summed E-state index contributed by atoms with van der Waals surface area (Å²) in [6.07, 6.45) is 0. The molecule has 0 aliphatic rings. The zero-order valence-corrected chi connectivity index (χ0v) is 15.3. The lowest BCUT2D eigenvalue weighted by atomic mass is 10.1. The van der Waals surface area contributed by atoms with E-state index < -0.39 is 0 Å². The number of hydrogen-bond donors (Lipinski definition) is 1. The van der Waals surface area contributed by atoms with Crippen LogP contribution in [-0.2, 0) is 0 Å². The lowest BCUT2D eigenvalue weighted by Gasteiger charge is -2.13. The Morgan fingerprint density at radius 1 is 1.13 bits per heavy atom. The summed E-state index contributed by atoms with van der Waals surface area (Å²) in [6, 6.07) is 10.6. The average molecular weight is 427 g/mol. The van der Waals surface area contributed by atoms with E-state index in [1.165, 1.54) is 0 Å². The second-order valence-corrected chi connectivity index (χ2v) is 5.77. The highest BCUT2D eigenvalue weighted by atomic mass is 127. The minimum Gasteiger partial charge on any atom is -0.497 e. The van der Waals surface area contributed by atoms with Gasteiger partial charge in [-0.2, -0.15) is 0 Å². The fraction of sp³-hybridized carbons (Fsp3) is 0.235. The molecule has 0 saturated carbocycles. The SMILES string of the molecule is CCOc1cc(C(=O)Nc2ccc(OC)cc2)cc(I)c1OC. The van der Waals surface area contributed by atoms with Gasteiger partial charge in [0.05, 0.1) is 24.4 Å². The Kier molecular flexibility index (Phi) is 6.09. The molecular formula is C17H18INO4. The second-order valence-electron chi connectivity index (χ2n) is 4.61. The van der Waals surface area contributed by atoms with Crippen molar-refractivity contribution >= 4 is 34.2 Å². The van der Waals surface area contributed by atoms with Gasteiger partial charge in [-0.25, -0.2) is 0 Å². The highest BCUT2D eigenvalue weighted by Gasteiger charge is 2.15. The highest BCUT2D eigenvalue weighted by molar-refractivity contribution is 14.1. The summed E-state index contributed by atoms with van der Waals surface area (Å²) >= 11 is 2.12. The number of benzene rings is 2. The molecule has 0 heterocycles. The van der Waals surface area contributed by atoms with Gasteiger partial charge in [-0.15, -0.1) is 0 Å². The Morgan fingerprint density at radius 3 is 2.39 bits per heavy atom. The van der Waals surface area contributed by atoms with Crippen LogP contribution in [-0.4, -0.2) is 26.7 Å². The summed E-state index contributed by atoms with van der Waals surface area (Å²) < 4.78 is 16.8. The van der Waals surface area contributed by atoms with Crippen LogP contribution in [0, 0.1) is 3.57 Å². The summed E-state index contributed by atoms with van der Waals surface area (Å²) in [5.74, 6) is 1.72. The lowest BCUT2D eigenvalue weighted by Crippen LogP contribution is -2.13. The van der Waals surface area contributed by atoms with Gasteiger partial charge in [0.1, 0.15) is 5.75 Å². The zero-order chi connectivity index (χ0) is 16.8. The quantitative estimate of drug-likeness (QED) is 0.710. The van der Waals surface area contributed by atoms with Gasteiger partial charge in [0.2, 0.25) is 0 Å². The van der Waals surface area contributed by atoms with Gasteiger partial charge in [0.15, 0.2) is 11.5 Å². The van der Waals surface area contributed by atoms with Crippen molar-refractivity contribution in [1.82, 2.24) is 0 Å². The minimum atomic E-state index is -0.211. The average Bonchev–Trinajstić information content (AvgIpc) is 2.55. The fourth-order valence-electron chi connectivity index (χ4n) is 2.04. The van der Waals surface area contributed by atoms with Crippen molar-refractivity contribution in [3.8, 4) is 17.2 Å². The van der Waals surface area contributed by atoms with Gasteiger partial charge in [0.25, 0.3) is 5.91 Å². The first-order chi connectivity index (χ1) is 11.1. The molecule has 122 valence electrons. The molecule has 6 heteroatoms. The van der Waals surface area contributed by atoms with Gasteiger partial charge < -0.3 is 19.5 Å². The van der Waals surface area contributed by atoms with E-state index in [4.69, 9.17) is 14.2 Å². The van der Waals surface area contributed by atoms with E-state index in [0.717, 1.165) is 9.32 Å². The molecular weight excluding hydrogens is 409 g/mol. The monoisotopic (exact) mass is 427 g/mol. The predicted octanol–water partition coefficient (Wildman–Crippen LogP) is 3.96. The first kappa shape index (κ1) is 17.4. The van der Waals surface area contributed by atoms with Crippen LogP contribution in [0.15, 0.2) is 36.4 Å². The standard InChI is InChI=1S/C17H18INO4/c1-4-23-15-10-11(9-14(18)16(15)22-3)17(20)19-12-5-7-13(21-2)8-6-12/h5-10H,4H2,1-3H3,(H,19,20). The molecule has 5 nitrogen and oxygen atoms in total. The van der Waals surface area contributed by atoms with Crippen molar-refractivity contribution in [3.05, 3.63) is 45.5 Å². The van der Waals surface area contributed by atoms with Gasteiger partial charge in [-0.05, 0) is 65.9 Å². The largest absolute Gasteiger partial charge is 0.497 e. The van der Waals surface area contributed by atoms with E-state index in [2.05, 4.69) is 27.9 Å². The molecule has 0 saturated heterocycles. The first-order valence-corrected chi connectivity index (χ1v) is 8.12. The maximum Gasteiger partial charge on any atom is 0.255 e. The molecule has 2 aromatic rings. The molecule has 0 aliphatic carbocycles. The third-order valence-electron chi connectivity index (χ3n) is 3.12. The van der Waals surface area contributed by atoms with Gasteiger partial charge in [-0.1, -0.05) is 0 Å². The van der Waals surface area contributed by atoms with Crippen LogP contribution in [0.4, 0.5) is 5.69 Å². The number of methoxy groups -OCH3 is 2. The van der Waals surface area contributed by atoms with Crippen LogP contribution in [0.1, 0.15) is 17.3 Å². The predicted molar refractivity (Wildman–Crippen MR) is 97.8 cm³/mol. The Morgan fingerprint density at radius 2 is 1.83 bits per heavy atom. The van der Waals surface area contributed by atoms with E-state index >= 15 is 0 Å². The third-order valence-corrected chi connectivity index (χ3v) is 3.92. The molecule has 2 rings (SSSR count). The molecule has 0 atom stereocenters. The smallest absolute Gasteiger partial charge is 0.255 e. The summed E-state index contributed by atoms with van der Waals surface area (Å²) in [7, 11) is 3.18. The van der Waals surface area contributed by atoms with Crippen molar-refractivity contribution in [2.75, 3.05) is 26.1 Å². The number of rotatable bonds is 6. The molecule has 0 fully saturated rings. The molecule has 0 aliphatic heterocycles. The normalized spacial score (nSPS) is 10.1. The van der Waals surface area contributed by atoms with Crippen LogP contribution in [0.5, 0.6) is 17.2 Å². The molecule has 0 radical (unpaired) electrons. The lowest BCUT2D eigenvalue weighted by molar-refractivity contribution is 0.102. The summed E-state index contributed by atoms with van der Waals surface area (Å²) in [4.78, 5) is 12.4. The molecule has 0 aromatic heterocycles. The molecule has 1 N–H and O–H groups in total. The van der Waals surface area contributed by atoms with E-state index in [0.29, 0.717) is 29.4 Å². The molecule has 0 unspecified atom stereocenters. The number of carbonyl (C=O) groups excluding carboxylic acids is 1. The van der Waals surface area contributed by atoms with Crippen LogP contribution >= 0.6 is 22.6 Å². The van der Waals surface area contributed by atoms with E-state index in [-0.39, 0.29) is 5.91 Å². The maximum atomic E-state index is 12.4. The van der Waals surface area contributed by atoms with Gasteiger partial charge in [-0.3, -0.25) is 4.79 Å². The summed E-state index contributed by atoms with van der Waals surface area (Å²) in [5, 5.41) is 2.85. The van der Waals surface area contributed by atoms with E-state index in [9.17, 15) is 4.79 Å². The first-order valence-electron chi connectivity index (χ1n) is 7.04. The molecule has 23 heavy (non-hydrogen) atoms. The molecule has 1 amide bonds. The van der Waals surface area contributed by atoms with Crippen LogP contribution in [0.3, 0.4) is 0 Å². The number of anilines is 1. The Bertz CT molecular complexity index is 686. The van der Waals surface area contributed by atoms with Crippen LogP contribution < -0.4 is 19.5 Å². The van der Waals surface area contributed by atoms with Crippen LogP contribution in [0.2, 0.25) is 0 Å². The Balaban J connectivity index is 2.24. The topological polar surface area (TPSA) is 56.8 Å². The third kappa shape index (κ3) is 4.28. The van der Waals surface area contributed by atoms with Crippen molar-refractivity contribution in [2.45, 2.75) is 6.92 Å². The van der Waals surface area contributed by atoms with Crippen molar-refractivity contribution in [3.63, 3.8) is 0 Å². The Hall–Kier alpha value is -1.96. The van der Waals surface area contributed by atoms with Gasteiger partial charge >= 0.3 is 0 Å². The summed E-state index contributed by atoms with van der Waals surface area (Å²) in [6.45, 7) is 2.38. The second kappa shape index (κ2) is 8.05. The number of nitrogens with one attached hydrogen (secondary N) is 1. The highest BCUT2D eigenvalue weighted by Crippen LogP contribution is 2.34. The number of amides is 1. The molecule has 0 bridgehead atoms. The molecule has 2 aromatic carbocycles. The number of carbonyl (C=O) groups is 1. The number of halogens is 1. The van der Waals surface area contributed by atoms with Crippen LogP contribution in [0.25, 0.3) is 0 Å². The molecule has 0 spiro atoms. The van der Waals surface area contributed by atoms with E-state index in [1.54, 1.807) is 50.6 Å².